The number of nitrogens with one attached hydrogen (secondary N) is 1. The Morgan fingerprint density at radius 3 is 2.71 bits per heavy atom. The third-order valence-electron chi connectivity index (χ3n) is 3.12. The van der Waals surface area contributed by atoms with E-state index in [4.69, 9.17) is 0 Å². The van der Waals surface area contributed by atoms with Crippen LogP contribution in [0.1, 0.15) is 32.9 Å². The summed E-state index contributed by atoms with van der Waals surface area (Å²) < 4.78 is 2.26. The molecule has 0 fully saturated rings. The van der Waals surface area contributed by atoms with Crippen molar-refractivity contribution in [1.29, 1.82) is 0 Å². The van der Waals surface area contributed by atoms with Crippen molar-refractivity contribution in [2.24, 2.45) is 0 Å². The Bertz CT molecular complexity index is 291. The number of aryl methyl sites for hydroxylation is 1. The maximum absolute atomic E-state index is 4.22. The van der Waals surface area contributed by atoms with Crippen molar-refractivity contribution in [2.45, 2.75) is 40.3 Å². The lowest BCUT2D eigenvalue weighted by Gasteiger charge is -2.18. The van der Waals surface area contributed by atoms with Gasteiger partial charge in [-0.15, -0.1) is 0 Å². The molecule has 0 unspecified atom stereocenters. The molecule has 0 atom stereocenters. The third-order valence-corrected chi connectivity index (χ3v) is 3.12. The molecule has 4 nitrogen and oxygen atoms in total. The lowest BCUT2D eigenvalue weighted by molar-refractivity contribution is 0.292. The van der Waals surface area contributed by atoms with E-state index in [-0.39, 0.29) is 0 Å². The van der Waals surface area contributed by atoms with Gasteiger partial charge in [-0.3, -0.25) is 0 Å². The number of imidazole rings is 1. The molecule has 0 aliphatic rings. The summed E-state index contributed by atoms with van der Waals surface area (Å²) in [6, 6.07) is 0. The first-order valence-corrected chi connectivity index (χ1v) is 6.73. The molecule has 0 radical (unpaired) electrons. The maximum Gasteiger partial charge on any atom is 0.0948 e. The highest BCUT2D eigenvalue weighted by Crippen LogP contribution is 2.01. The molecule has 1 N–H and O–H groups in total. The molecule has 0 aromatic carbocycles. The highest BCUT2D eigenvalue weighted by molar-refractivity contribution is 4.97. The van der Waals surface area contributed by atoms with Gasteiger partial charge in [-0.1, -0.05) is 20.8 Å². The summed E-state index contributed by atoms with van der Waals surface area (Å²) in [6.07, 6.45) is 5.09. The normalized spacial score (nSPS) is 11.3. The monoisotopic (exact) mass is 238 g/mol. The summed E-state index contributed by atoms with van der Waals surface area (Å²) in [4.78, 5) is 6.68. The highest BCUT2D eigenvalue weighted by atomic mass is 15.1. The quantitative estimate of drug-likeness (QED) is 0.711. The van der Waals surface area contributed by atoms with E-state index < -0.39 is 0 Å². The van der Waals surface area contributed by atoms with E-state index in [1.165, 1.54) is 18.7 Å². The fraction of sp³-hybridized carbons (Fsp3) is 0.769. The second-order valence-corrected chi connectivity index (χ2v) is 4.24. The van der Waals surface area contributed by atoms with Crippen molar-refractivity contribution in [3.8, 4) is 0 Å². The van der Waals surface area contributed by atoms with Gasteiger partial charge in [0.05, 0.1) is 12.0 Å². The molecule has 0 spiro atoms. The Balaban J connectivity index is 2.33. The van der Waals surface area contributed by atoms with E-state index in [9.17, 15) is 0 Å². The average molecular weight is 238 g/mol. The fourth-order valence-corrected chi connectivity index (χ4v) is 1.95. The molecule has 0 saturated heterocycles. The second-order valence-electron chi connectivity index (χ2n) is 4.24. The molecule has 0 bridgehead atoms. The zero-order chi connectivity index (χ0) is 12.5. The van der Waals surface area contributed by atoms with Crippen molar-refractivity contribution in [2.75, 3.05) is 26.2 Å². The van der Waals surface area contributed by atoms with Crippen LogP contribution in [0.4, 0.5) is 0 Å². The molecular weight excluding hydrogens is 212 g/mol. The zero-order valence-electron chi connectivity index (χ0n) is 11.4. The average Bonchev–Trinajstić information content (AvgIpc) is 2.79. The number of hydrogen-bond acceptors (Lipinski definition) is 3. The van der Waals surface area contributed by atoms with Gasteiger partial charge in [0.25, 0.3) is 0 Å². The van der Waals surface area contributed by atoms with E-state index in [0.717, 1.165) is 32.7 Å². The van der Waals surface area contributed by atoms with Crippen LogP contribution in [-0.4, -0.2) is 40.6 Å². The number of nitrogens with zero attached hydrogens (tertiary/aromatic N) is 3. The van der Waals surface area contributed by atoms with Gasteiger partial charge in [0.1, 0.15) is 0 Å². The van der Waals surface area contributed by atoms with E-state index in [1.807, 2.05) is 12.5 Å². The molecule has 4 heteroatoms. The van der Waals surface area contributed by atoms with Crippen LogP contribution < -0.4 is 5.32 Å². The van der Waals surface area contributed by atoms with Crippen LogP contribution in [0, 0.1) is 0 Å². The molecule has 1 heterocycles. The Hall–Kier alpha value is -0.870. The van der Waals surface area contributed by atoms with Gasteiger partial charge in [0, 0.05) is 19.3 Å². The first kappa shape index (κ1) is 14.2. The predicted molar refractivity (Wildman–Crippen MR) is 72.0 cm³/mol. The van der Waals surface area contributed by atoms with Crippen LogP contribution in [-0.2, 0) is 13.1 Å². The van der Waals surface area contributed by atoms with E-state index in [1.54, 1.807) is 0 Å². The minimum Gasteiger partial charge on any atom is -0.333 e. The molecule has 0 aliphatic carbocycles. The van der Waals surface area contributed by atoms with Crippen LogP contribution in [0.15, 0.2) is 12.5 Å². The SMILES string of the molecule is CCNCc1cncn1CCCN(CC)CC. The second kappa shape index (κ2) is 8.25. The predicted octanol–water partition coefficient (Wildman–Crippen LogP) is 1.72. The molecule has 0 amide bonds. The number of rotatable bonds is 9. The Morgan fingerprint density at radius 2 is 2.06 bits per heavy atom. The molecule has 1 aromatic heterocycles. The highest BCUT2D eigenvalue weighted by Gasteiger charge is 2.02. The summed E-state index contributed by atoms with van der Waals surface area (Å²) in [5.41, 5.74) is 1.28. The van der Waals surface area contributed by atoms with Crippen LogP contribution in [0.2, 0.25) is 0 Å². The Kier molecular flexibility index (Phi) is 6.89. The van der Waals surface area contributed by atoms with Gasteiger partial charge < -0.3 is 14.8 Å². The minimum atomic E-state index is 0.918. The number of hydrogen-bond donors (Lipinski definition) is 1. The molecule has 1 aromatic rings. The maximum atomic E-state index is 4.22. The van der Waals surface area contributed by atoms with E-state index >= 15 is 0 Å². The molecular formula is C13H26N4. The van der Waals surface area contributed by atoms with Gasteiger partial charge >= 0.3 is 0 Å². The van der Waals surface area contributed by atoms with Crippen molar-refractivity contribution >= 4 is 0 Å². The van der Waals surface area contributed by atoms with Crippen LogP contribution in [0.5, 0.6) is 0 Å². The minimum absolute atomic E-state index is 0.918. The van der Waals surface area contributed by atoms with Crippen LogP contribution in [0.25, 0.3) is 0 Å². The van der Waals surface area contributed by atoms with Gasteiger partial charge in [-0.2, -0.15) is 0 Å². The smallest absolute Gasteiger partial charge is 0.0948 e. The topological polar surface area (TPSA) is 33.1 Å². The fourth-order valence-electron chi connectivity index (χ4n) is 1.95. The third kappa shape index (κ3) is 4.88. The largest absolute Gasteiger partial charge is 0.333 e. The van der Waals surface area contributed by atoms with Crippen LogP contribution in [0.3, 0.4) is 0 Å². The van der Waals surface area contributed by atoms with E-state index in [0.29, 0.717) is 0 Å². The van der Waals surface area contributed by atoms with E-state index in [2.05, 4.69) is 40.5 Å². The summed E-state index contributed by atoms with van der Waals surface area (Å²) in [5, 5.41) is 3.34. The molecule has 1 rings (SSSR count). The standard InChI is InChI=1S/C13H26N4/c1-4-14-10-13-11-15-12-17(13)9-7-8-16(5-2)6-3/h11-12,14H,4-10H2,1-3H3. The summed E-state index contributed by atoms with van der Waals surface area (Å²) in [5.74, 6) is 0. The summed E-state index contributed by atoms with van der Waals surface area (Å²) in [7, 11) is 0. The lowest BCUT2D eigenvalue weighted by Crippen LogP contribution is -2.25. The molecule has 0 aliphatic heterocycles. The van der Waals surface area contributed by atoms with Gasteiger partial charge in [0.2, 0.25) is 0 Å². The van der Waals surface area contributed by atoms with Crippen molar-refractivity contribution in [3.63, 3.8) is 0 Å². The Labute approximate surface area is 105 Å². The van der Waals surface area contributed by atoms with Crippen molar-refractivity contribution < 1.29 is 0 Å². The van der Waals surface area contributed by atoms with Crippen LogP contribution >= 0.6 is 0 Å². The Morgan fingerprint density at radius 1 is 1.29 bits per heavy atom. The van der Waals surface area contributed by atoms with Crippen molar-refractivity contribution in [1.82, 2.24) is 19.8 Å². The van der Waals surface area contributed by atoms with Gasteiger partial charge in [-0.25, -0.2) is 4.98 Å². The molecule has 98 valence electrons. The molecule has 0 saturated carbocycles. The number of aromatic nitrogens is 2. The summed E-state index contributed by atoms with van der Waals surface area (Å²) >= 11 is 0. The van der Waals surface area contributed by atoms with Gasteiger partial charge in [-0.05, 0) is 32.6 Å². The summed E-state index contributed by atoms with van der Waals surface area (Å²) in [6.45, 7) is 13.0. The zero-order valence-corrected chi connectivity index (χ0v) is 11.4. The first-order chi connectivity index (χ1) is 8.31. The first-order valence-electron chi connectivity index (χ1n) is 6.73. The van der Waals surface area contributed by atoms with Crippen molar-refractivity contribution in [3.05, 3.63) is 18.2 Å². The molecule has 17 heavy (non-hydrogen) atoms. The lowest BCUT2D eigenvalue weighted by atomic mass is 10.3. The van der Waals surface area contributed by atoms with Gasteiger partial charge in [0.15, 0.2) is 0 Å².